The van der Waals surface area contributed by atoms with Gasteiger partial charge in [-0.05, 0) is 35.7 Å². The van der Waals surface area contributed by atoms with Crippen molar-refractivity contribution in [1.29, 1.82) is 0 Å². The first kappa shape index (κ1) is 11.3. The lowest BCUT2D eigenvalue weighted by molar-refractivity contribution is 0.602. The summed E-state index contributed by atoms with van der Waals surface area (Å²) in [4.78, 5) is 0. The predicted molar refractivity (Wildman–Crippen MR) is 72.5 cm³/mol. The molecule has 0 unspecified atom stereocenters. The van der Waals surface area contributed by atoms with E-state index in [1.807, 2.05) is 41.1 Å². The van der Waals surface area contributed by atoms with E-state index in [0.29, 0.717) is 17.1 Å². The normalized spacial score (nSPS) is 11.0. The fourth-order valence-electron chi connectivity index (χ4n) is 2.13. The molecule has 3 rings (SSSR count). The molecule has 0 spiro atoms. The van der Waals surface area contributed by atoms with Crippen LogP contribution in [0.2, 0.25) is 5.02 Å². The molecule has 1 nitrogen and oxygen atoms in total. The van der Waals surface area contributed by atoms with Gasteiger partial charge in [-0.2, -0.15) is 0 Å². The summed E-state index contributed by atoms with van der Waals surface area (Å²) in [7, 11) is 0. The summed E-state index contributed by atoms with van der Waals surface area (Å²) >= 11 is 5.90. The predicted octanol–water partition coefficient (Wildman–Crippen LogP) is 4.48. The van der Waals surface area contributed by atoms with Crippen LogP contribution in [0.3, 0.4) is 0 Å². The average molecular weight is 260 g/mol. The van der Waals surface area contributed by atoms with Gasteiger partial charge in [0, 0.05) is 22.3 Å². The molecule has 3 heteroatoms. The summed E-state index contributed by atoms with van der Waals surface area (Å²) in [6.45, 7) is 0.486. The minimum atomic E-state index is -0.225. The van der Waals surface area contributed by atoms with Crippen LogP contribution in [0.25, 0.3) is 10.9 Å². The summed E-state index contributed by atoms with van der Waals surface area (Å²) in [6, 6.07) is 14.7. The molecule has 0 aliphatic carbocycles. The van der Waals surface area contributed by atoms with Crippen molar-refractivity contribution >= 4 is 22.5 Å². The third kappa shape index (κ3) is 2.00. The van der Waals surface area contributed by atoms with Gasteiger partial charge in [-0.1, -0.05) is 29.8 Å². The second-order valence-electron chi connectivity index (χ2n) is 4.24. The van der Waals surface area contributed by atoms with Crippen molar-refractivity contribution in [2.24, 2.45) is 0 Å². The minimum absolute atomic E-state index is 0.225. The molecule has 0 aliphatic heterocycles. The standard InChI is InChI=1S/C15H11ClFN/c16-13-5-6-14(17)12(9-13)10-18-8-7-11-3-1-2-4-15(11)18/h1-9H,10H2. The van der Waals surface area contributed by atoms with Crippen LogP contribution in [-0.2, 0) is 6.54 Å². The van der Waals surface area contributed by atoms with Gasteiger partial charge in [0.25, 0.3) is 0 Å². The Morgan fingerprint density at radius 1 is 1.06 bits per heavy atom. The van der Waals surface area contributed by atoms with Crippen molar-refractivity contribution in [1.82, 2.24) is 4.57 Å². The van der Waals surface area contributed by atoms with Gasteiger partial charge >= 0.3 is 0 Å². The van der Waals surface area contributed by atoms with Gasteiger partial charge in [0.05, 0.1) is 6.54 Å². The average Bonchev–Trinajstić information content (AvgIpc) is 2.78. The number of para-hydroxylation sites is 1. The molecule has 1 aromatic heterocycles. The zero-order valence-corrected chi connectivity index (χ0v) is 10.4. The monoisotopic (exact) mass is 259 g/mol. The molecule has 0 amide bonds. The fraction of sp³-hybridized carbons (Fsp3) is 0.0667. The van der Waals surface area contributed by atoms with E-state index < -0.39 is 0 Å². The Bertz CT molecular complexity index is 703. The molecule has 18 heavy (non-hydrogen) atoms. The lowest BCUT2D eigenvalue weighted by atomic mass is 10.2. The van der Waals surface area contributed by atoms with E-state index in [1.165, 1.54) is 6.07 Å². The zero-order chi connectivity index (χ0) is 12.5. The Kier molecular flexibility index (Phi) is 2.80. The first-order chi connectivity index (χ1) is 8.74. The van der Waals surface area contributed by atoms with E-state index in [2.05, 4.69) is 0 Å². The molecule has 2 aromatic carbocycles. The highest BCUT2D eigenvalue weighted by Gasteiger charge is 2.06. The molecule has 0 saturated carbocycles. The maximum atomic E-state index is 13.7. The van der Waals surface area contributed by atoms with E-state index in [1.54, 1.807) is 12.1 Å². The molecule has 1 heterocycles. The SMILES string of the molecule is Fc1ccc(Cl)cc1Cn1ccc2ccccc21. The number of halogens is 2. The highest BCUT2D eigenvalue weighted by atomic mass is 35.5. The quantitative estimate of drug-likeness (QED) is 0.639. The summed E-state index contributed by atoms with van der Waals surface area (Å²) in [6.07, 6.45) is 1.96. The molecular weight excluding hydrogens is 249 g/mol. The third-order valence-corrected chi connectivity index (χ3v) is 3.26. The number of hydrogen-bond acceptors (Lipinski definition) is 0. The van der Waals surface area contributed by atoms with Gasteiger partial charge in [-0.3, -0.25) is 0 Å². The van der Waals surface area contributed by atoms with Crippen LogP contribution in [0.4, 0.5) is 4.39 Å². The van der Waals surface area contributed by atoms with Crippen molar-refractivity contribution in [3.8, 4) is 0 Å². The van der Waals surface area contributed by atoms with Crippen LogP contribution in [-0.4, -0.2) is 4.57 Å². The van der Waals surface area contributed by atoms with Gasteiger partial charge in [-0.25, -0.2) is 4.39 Å². The smallest absolute Gasteiger partial charge is 0.128 e. The first-order valence-electron chi connectivity index (χ1n) is 5.72. The van der Waals surface area contributed by atoms with Gasteiger partial charge < -0.3 is 4.57 Å². The van der Waals surface area contributed by atoms with Crippen LogP contribution < -0.4 is 0 Å². The number of nitrogens with zero attached hydrogens (tertiary/aromatic N) is 1. The van der Waals surface area contributed by atoms with Gasteiger partial charge in [0.1, 0.15) is 5.82 Å². The van der Waals surface area contributed by atoms with E-state index in [0.717, 1.165) is 10.9 Å². The Labute approximate surface area is 109 Å². The van der Waals surface area contributed by atoms with Crippen LogP contribution in [0, 0.1) is 5.82 Å². The van der Waals surface area contributed by atoms with Gasteiger partial charge in [0.15, 0.2) is 0 Å². The maximum Gasteiger partial charge on any atom is 0.128 e. The van der Waals surface area contributed by atoms with Crippen LogP contribution in [0.1, 0.15) is 5.56 Å². The second kappa shape index (κ2) is 4.46. The molecular formula is C15H11ClFN. The van der Waals surface area contributed by atoms with Crippen LogP contribution >= 0.6 is 11.6 Å². The van der Waals surface area contributed by atoms with E-state index in [9.17, 15) is 4.39 Å². The molecule has 90 valence electrons. The summed E-state index contributed by atoms with van der Waals surface area (Å²) in [5.41, 5.74) is 1.70. The van der Waals surface area contributed by atoms with E-state index in [-0.39, 0.29) is 5.82 Å². The molecule has 0 aliphatic rings. The van der Waals surface area contributed by atoms with Crippen LogP contribution in [0.15, 0.2) is 54.7 Å². The topological polar surface area (TPSA) is 4.93 Å². The molecule has 3 aromatic rings. The van der Waals surface area contributed by atoms with Crippen molar-refractivity contribution < 1.29 is 4.39 Å². The maximum absolute atomic E-state index is 13.7. The molecule has 0 bridgehead atoms. The van der Waals surface area contributed by atoms with E-state index in [4.69, 9.17) is 11.6 Å². The third-order valence-electron chi connectivity index (χ3n) is 3.03. The lowest BCUT2D eigenvalue weighted by Gasteiger charge is -2.07. The molecule has 0 saturated heterocycles. The highest BCUT2D eigenvalue weighted by molar-refractivity contribution is 6.30. The molecule has 0 radical (unpaired) electrons. The Balaban J connectivity index is 2.04. The number of hydrogen-bond donors (Lipinski definition) is 0. The second-order valence-corrected chi connectivity index (χ2v) is 4.67. The number of rotatable bonds is 2. The van der Waals surface area contributed by atoms with Crippen molar-refractivity contribution in [3.63, 3.8) is 0 Å². The largest absolute Gasteiger partial charge is 0.343 e. The molecule has 0 fully saturated rings. The summed E-state index contributed by atoms with van der Waals surface area (Å²) < 4.78 is 15.7. The lowest BCUT2D eigenvalue weighted by Crippen LogP contribution is -2.00. The van der Waals surface area contributed by atoms with Crippen molar-refractivity contribution in [2.45, 2.75) is 6.54 Å². The Morgan fingerprint density at radius 3 is 2.78 bits per heavy atom. The minimum Gasteiger partial charge on any atom is -0.343 e. The van der Waals surface area contributed by atoms with Gasteiger partial charge in [-0.15, -0.1) is 0 Å². The van der Waals surface area contributed by atoms with Crippen molar-refractivity contribution in [3.05, 3.63) is 71.1 Å². The van der Waals surface area contributed by atoms with Crippen LogP contribution in [0.5, 0.6) is 0 Å². The first-order valence-corrected chi connectivity index (χ1v) is 6.09. The Morgan fingerprint density at radius 2 is 1.89 bits per heavy atom. The van der Waals surface area contributed by atoms with E-state index >= 15 is 0 Å². The summed E-state index contributed by atoms with van der Waals surface area (Å²) in [5, 5.41) is 1.71. The zero-order valence-electron chi connectivity index (χ0n) is 9.61. The highest BCUT2D eigenvalue weighted by Crippen LogP contribution is 2.20. The molecule has 0 atom stereocenters. The Hall–Kier alpha value is -1.80. The van der Waals surface area contributed by atoms with Crippen molar-refractivity contribution in [2.75, 3.05) is 0 Å². The van der Waals surface area contributed by atoms with Gasteiger partial charge in [0.2, 0.25) is 0 Å². The summed E-state index contributed by atoms with van der Waals surface area (Å²) in [5.74, 6) is -0.225. The fourth-order valence-corrected chi connectivity index (χ4v) is 2.32. The molecule has 0 N–H and O–H groups in total. The number of aromatic nitrogens is 1. The number of fused-ring (bicyclic) bond motifs is 1. The number of benzene rings is 2.